The number of nitrogens with one attached hydrogen (secondary N) is 3. The van der Waals surface area contributed by atoms with E-state index in [1.165, 1.54) is 19.1 Å². The van der Waals surface area contributed by atoms with Crippen molar-refractivity contribution in [3.63, 3.8) is 0 Å². The van der Waals surface area contributed by atoms with Crippen molar-refractivity contribution >= 4 is 35.3 Å². The SMILES string of the molecule is CCCC1O[C@@H]2CC3C4C[C@H](F)C5=CC(=O)C=C[C@]5(C)[C@@]4(F)[C@@H](O)C[C@]3(C)[C@]2(C(=O)CNC(=O)OCc2ccc(NC(=O)CCCCNC(N)=O)cc2)O1. The molecule has 6 N–H and O–H groups in total. The number of alkyl carbamates (subject to hydrolysis) is 1. The lowest BCUT2D eigenvalue weighted by atomic mass is 9.44. The van der Waals surface area contributed by atoms with Crippen LogP contribution in [0.3, 0.4) is 0 Å². The largest absolute Gasteiger partial charge is 0.445 e. The quantitative estimate of drug-likeness (QED) is 0.181. The summed E-state index contributed by atoms with van der Waals surface area (Å²) < 4.78 is 51.8. The van der Waals surface area contributed by atoms with E-state index in [2.05, 4.69) is 16.0 Å². The fourth-order valence-electron chi connectivity index (χ4n) is 9.90. The number of fused-ring (bicyclic) bond motifs is 7. The molecule has 1 aromatic carbocycles. The van der Waals surface area contributed by atoms with Gasteiger partial charge in [-0.25, -0.2) is 18.4 Å². The zero-order chi connectivity index (χ0) is 39.1. The molecule has 5 aliphatic rings. The molecule has 4 aliphatic carbocycles. The third-order valence-electron chi connectivity index (χ3n) is 12.5. The van der Waals surface area contributed by atoms with E-state index in [0.717, 1.165) is 6.08 Å². The van der Waals surface area contributed by atoms with Crippen LogP contribution in [0, 0.1) is 22.7 Å². The highest BCUT2D eigenvalue weighted by atomic mass is 19.1. The number of urea groups is 1. The number of alkyl halides is 2. The average molecular weight is 757 g/mol. The van der Waals surface area contributed by atoms with Gasteiger partial charge in [-0.1, -0.05) is 38.5 Å². The van der Waals surface area contributed by atoms with E-state index < -0.39 is 88.8 Å². The number of carbonyl (C=O) groups excluding carboxylic acids is 5. The van der Waals surface area contributed by atoms with Crippen molar-refractivity contribution in [2.24, 2.45) is 28.4 Å². The molecule has 13 nitrogen and oxygen atoms in total. The van der Waals surface area contributed by atoms with Gasteiger partial charge >= 0.3 is 12.1 Å². The second-order valence-corrected chi connectivity index (χ2v) is 15.6. The molecule has 3 saturated carbocycles. The summed E-state index contributed by atoms with van der Waals surface area (Å²) in [6.07, 6.45) is 0.366. The average Bonchev–Trinajstić information content (AvgIpc) is 3.60. The molecule has 1 heterocycles. The van der Waals surface area contributed by atoms with Gasteiger partial charge in [-0.3, -0.25) is 14.4 Å². The molecule has 15 heteroatoms. The van der Waals surface area contributed by atoms with Crippen LogP contribution < -0.4 is 21.7 Å². The van der Waals surface area contributed by atoms with Crippen molar-refractivity contribution in [1.82, 2.24) is 10.6 Å². The number of halogens is 2. The number of allylic oxidation sites excluding steroid dienone is 4. The summed E-state index contributed by atoms with van der Waals surface area (Å²) in [4.78, 5) is 62.4. The number of hydrogen-bond donors (Lipinski definition) is 5. The molecule has 0 radical (unpaired) electrons. The standard InChI is InChI=1S/C39H50F2N4O9/c1-4-7-33-53-31-18-25-26-17-28(40)27-16-24(46)13-14-36(27,2)38(26,41)29(47)19-37(25,3)39(31,54-33)30(48)20-44-35(51)52-21-22-9-11-23(12-10-22)45-32(49)8-5-6-15-43-34(42)50/h9-14,16,25-26,28-29,31,33,47H,4-8,15,17-21H2,1-3H3,(H,44,51)(H,45,49)(H3,42,43,50)/t25?,26?,28-,29-,31+,33?,36-,37-,38-,39+/m0/s1. The molecule has 0 spiro atoms. The molecule has 0 bridgehead atoms. The summed E-state index contributed by atoms with van der Waals surface area (Å²) in [5.74, 6) is -2.80. The van der Waals surface area contributed by atoms with Gasteiger partial charge in [0.15, 0.2) is 29.1 Å². The Hall–Kier alpha value is -4.21. The van der Waals surface area contributed by atoms with Gasteiger partial charge in [0.05, 0.1) is 18.8 Å². The number of amides is 4. The summed E-state index contributed by atoms with van der Waals surface area (Å²) in [6.45, 7) is 5.00. The van der Waals surface area contributed by atoms with E-state index in [1.807, 2.05) is 6.92 Å². The third-order valence-corrected chi connectivity index (χ3v) is 12.5. The number of Topliss-reactive ketones (excluding diaryl/α,β-unsaturated/α-hetero) is 1. The predicted molar refractivity (Wildman–Crippen MR) is 191 cm³/mol. The molecule has 4 amide bonds. The van der Waals surface area contributed by atoms with E-state index in [-0.39, 0.29) is 43.8 Å². The Labute approximate surface area is 312 Å². The zero-order valence-corrected chi connectivity index (χ0v) is 30.8. The van der Waals surface area contributed by atoms with Crippen LogP contribution in [-0.4, -0.2) is 83.7 Å². The Morgan fingerprint density at radius 3 is 2.52 bits per heavy atom. The van der Waals surface area contributed by atoms with E-state index >= 15 is 8.78 Å². The molecule has 1 aliphatic heterocycles. The molecular formula is C39H50F2N4O9. The number of aliphatic hydroxyl groups is 1. The van der Waals surface area contributed by atoms with Crippen molar-refractivity contribution in [3.8, 4) is 0 Å². The molecule has 0 aromatic heterocycles. The molecule has 10 atom stereocenters. The van der Waals surface area contributed by atoms with E-state index in [9.17, 15) is 29.1 Å². The van der Waals surface area contributed by atoms with Gasteiger partial charge in [0.25, 0.3) is 0 Å². The van der Waals surface area contributed by atoms with Crippen LogP contribution in [-0.2, 0) is 35.2 Å². The molecular weight excluding hydrogens is 706 g/mol. The number of benzene rings is 1. The minimum atomic E-state index is -2.33. The van der Waals surface area contributed by atoms with Gasteiger partial charge in [-0.05, 0) is 86.8 Å². The molecule has 4 fully saturated rings. The van der Waals surface area contributed by atoms with Gasteiger partial charge in [-0.15, -0.1) is 0 Å². The lowest BCUT2D eigenvalue weighted by Gasteiger charge is -2.63. The predicted octanol–water partition coefficient (Wildman–Crippen LogP) is 4.47. The minimum Gasteiger partial charge on any atom is -0.445 e. The second kappa shape index (κ2) is 15.1. The third kappa shape index (κ3) is 6.72. The van der Waals surface area contributed by atoms with E-state index in [0.29, 0.717) is 43.5 Å². The fraction of sp³-hybridized carbons (Fsp3) is 0.615. The van der Waals surface area contributed by atoms with Gasteiger partial charge in [0.1, 0.15) is 12.8 Å². The molecule has 3 unspecified atom stereocenters. The highest BCUT2D eigenvalue weighted by molar-refractivity contribution is 6.01. The first-order chi connectivity index (χ1) is 25.6. The zero-order valence-electron chi connectivity index (χ0n) is 30.8. The number of anilines is 1. The van der Waals surface area contributed by atoms with Crippen LogP contribution in [0.2, 0.25) is 0 Å². The summed E-state index contributed by atoms with van der Waals surface area (Å²) in [5.41, 5.74) is -0.532. The maximum Gasteiger partial charge on any atom is 0.407 e. The second-order valence-electron chi connectivity index (χ2n) is 15.6. The number of aliphatic hydroxyl groups excluding tert-OH is 1. The van der Waals surface area contributed by atoms with Crippen molar-refractivity contribution < 1.29 is 52.1 Å². The molecule has 54 heavy (non-hydrogen) atoms. The number of primary amides is 1. The van der Waals surface area contributed by atoms with E-state index in [1.54, 1.807) is 31.2 Å². The lowest BCUT2D eigenvalue weighted by Crippen LogP contribution is -2.71. The number of rotatable bonds is 13. The van der Waals surface area contributed by atoms with Crippen LogP contribution in [0.4, 0.5) is 24.1 Å². The summed E-state index contributed by atoms with van der Waals surface area (Å²) >= 11 is 0. The smallest absolute Gasteiger partial charge is 0.407 e. The van der Waals surface area contributed by atoms with Crippen LogP contribution >= 0.6 is 0 Å². The first kappa shape index (κ1) is 39.5. The molecule has 1 aromatic rings. The maximum atomic E-state index is 17.7. The monoisotopic (exact) mass is 756 g/mol. The summed E-state index contributed by atoms with van der Waals surface area (Å²) in [5, 5.41) is 19.5. The summed E-state index contributed by atoms with van der Waals surface area (Å²) in [7, 11) is 0. The fourth-order valence-corrected chi connectivity index (χ4v) is 9.90. The summed E-state index contributed by atoms with van der Waals surface area (Å²) in [6, 6.07) is 6.07. The minimum absolute atomic E-state index is 0.0148. The van der Waals surface area contributed by atoms with Crippen molar-refractivity contribution in [2.45, 2.75) is 115 Å². The highest BCUT2D eigenvalue weighted by Crippen LogP contribution is 2.72. The Morgan fingerprint density at radius 1 is 1.07 bits per heavy atom. The number of ketones is 2. The normalized spacial score (nSPS) is 36.2. The van der Waals surface area contributed by atoms with Gasteiger partial charge in [-0.2, -0.15) is 0 Å². The number of unbranched alkanes of at least 4 members (excludes halogenated alkanes) is 1. The van der Waals surface area contributed by atoms with Gasteiger partial charge < -0.3 is 41.0 Å². The number of ether oxygens (including phenoxy) is 3. The van der Waals surface area contributed by atoms with Gasteiger partial charge in [0.2, 0.25) is 5.91 Å². The Bertz CT molecular complexity index is 1720. The Kier molecular flexibility index (Phi) is 11.1. The van der Waals surface area contributed by atoms with Crippen LogP contribution in [0.1, 0.15) is 77.7 Å². The molecule has 294 valence electrons. The van der Waals surface area contributed by atoms with Crippen molar-refractivity contribution in [1.29, 1.82) is 0 Å². The Morgan fingerprint density at radius 2 is 1.81 bits per heavy atom. The first-order valence-electron chi connectivity index (χ1n) is 18.7. The topological polar surface area (TPSA) is 195 Å². The lowest BCUT2D eigenvalue weighted by molar-refractivity contribution is -0.233. The maximum absolute atomic E-state index is 17.7. The van der Waals surface area contributed by atoms with Crippen LogP contribution in [0.25, 0.3) is 0 Å². The number of nitrogens with two attached hydrogens (primary N) is 1. The first-order valence-corrected chi connectivity index (χ1v) is 18.7. The molecule has 1 saturated heterocycles. The number of carbonyl (C=O) groups is 5. The van der Waals surface area contributed by atoms with Crippen molar-refractivity contribution in [3.05, 3.63) is 53.6 Å². The number of hydrogen-bond acceptors (Lipinski definition) is 9. The van der Waals surface area contributed by atoms with E-state index in [4.69, 9.17) is 19.9 Å². The van der Waals surface area contributed by atoms with Crippen molar-refractivity contribution in [2.75, 3.05) is 18.4 Å². The molecule has 6 rings (SSSR count). The highest BCUT2D eigenvalue weighted by Gasteiger charge is 2.80. The Balaban J connectivity index is 1.10. The van der Waals surface area contributed by atoms with Gasteiger partial charge in [0, 0.05) is 35.4 Å². The van der Waals surface area contributed by atoms with Crippen LogP contribution in [0.5, 0.6) is 0 Å². The van der Waals surface area contributed by atoms with Crippen LogP contribution in [0.15, 0.2) is 48.1 Å².